The summed E-state index contributed by atoms with van der Waals surface area (Å²) in [5.41, 5.74) is -3.76. The monoisotopic (exact) mass is 1000 g/mol. The topological polar surface area (TPSA) is 121 Å². The minimum Gasteiger partial charge on any atom is -0.388 e. The number of hydrogen-bond donors (Lipinski definition) is 6. The van der Waals surface area contributed by atoms with Crippen LogP contribution in [-0.4, -0.2) is 66.3 Å². The Bertz CT molecular complexity index is 2020. The average Bonchev–Trinajstić information content (AvgIpc) is 3.45. The second kappa shape index (κ2) is 30.0. The Morgan fingerprint density at radius 2 is 0.446 bits per heavy atom. The Balaban J connectivity index is 1.49. The Morgan fingerprint density at radius 3 is 0.635 bits per heavy atom. The van der Waals surface area contributed by atoms with Crippen molar-refractivity contribution in [2.24, 2.45) is 0 Å². The maximum atomic E-state index is 14.0. The van der Waals surface area contributed by atoms with Crippen molar-refractivity contribution in [3.05, 3.63) is 215 Å². The molecule has 0 aromatic heterocycles. The summed E-state index contributed by atoms with van der Waals surface area (Å²) in [5.74, 6) is 0. The Labute approximate surface area is 445 Å². The molecule has 74 heavy (non-hydrogen) atoms. The molecule has 0 saturated carbocycles. The SMILES string of the molecule is CCCCCCCCCCCC[C@@](O)(C(O)C(c1ccccc1)(c1ccccc1)c1ccccc1)[C@@H](O)[C@H](O)[C@@](O)(CCCCCCCCCCCC)C(O)C(c1ccccc1)(c1ccccc1)c1ccccc1. The van der Waals surface area contributed by atoms with Crippen molar-refractivity contribution in [1.29, 1.82) is 0 Å². The third-order valence-electron chi connectivity index (χ3n) is 16.3. The molecule has 0 heterocycles. The molecule has 6 aromatic carbocycles. The number of hydrogen-bond acceptors (Lipinski definition) is 6. The van der Waals surface area contributed by atoms with E-state index in [4.69, 9.17) is 0 Å². The summed E-state index contributed by atoms with van der Waals surface area (Å²) in [6.45, 7) is 4.46. The third kappa shape index (κ3) is 13.9. The second-order valence-electron chi connectivity index (χ2n) is 21.4. The van der Waals surface area contributed by atoms with Gasteiger partial charge in [-0.1, -0.05) is 324 Å². The highest BCUT2D eigenvalue weighted by Gasteiger charge is 2.63. The zero-order valence-electron chi connectivity index (χ0n) is 44.9. The van der Waals surface area contributed by atoms with E-state index in [2.05, 4.69) is 13.8 Å². The number of rotatable bonds is 35. The van der Waals surface area contributed by atoms with Gasteiger partial charge in [-0.3, -0.25) is 0 Å². The quantitative estimate of drug-likeness (QED) is 0.0174. The Hall–Kier alpha value is -4.92. The summed E-state index contributed by atoms with van der Waals surface area (Å²) < 4.78 is 0. The lowest BCUT2D eigenvalue weighted by atomic mass is 9.57. The summed E-state index contributed by atoms with van der Waals surface area (Å²) in [4.78, 5) is 0. The first kappa shape index (κ1) is 58.3. The Kier molecular flexibility index (Phi) is 23.6. The molecule has 0 bridgehead atoms. The molecule has 6 rings (SSSR count). The smallest absolute Gasteiger partial charge is 0.120 e. The van der Waals surface area contributed by atoms with E-state index in [0.717, 1.165) is 51.4 Å². The number of aliphatic hydroxyl groups is 6. The summed E-state index contributed by atoms with van der Waals surface area (Å²) in [6, 6.07) is 57.7. The fourth-order valence-corrected chi connectivity index (χ4v) is 12.1. The van der Waals surface area contributed by atoms with Crippen LogP contribution in [0.4, 0.5) is 0 Å². The first-order valence-corrected chi connectivity index (χ1v) is 28.6. The fourth-order valence-electron chi connectivity index (χ4n) is 12.1. The van der Waals surface area contributed by atoms with Crippen LogP contribution in [0, 0.1) is 0 Å². The van der Waals surface area contributed by atoms with Gasteiger partial charge in [0, 0.05) is 0 Å². The van der Waals surface area contributed by atoms with Gasteiger partial charge in [0.2, 0.25) is 0 Å². The standard InChI is InChI=1S/C68H90O6/c1-3-5-7-9-11-13-15-17-19-39-53-65(73,63(71)67(55-41-27-21-28-42-55,56-43-29-22-30-44-56)57-45-31-23-32-46-57)61(69)62(70)66(74,54-40-20-18-16-14-12-10-8-6-4-2)64(72)68(58-47-33-24-34-48-58,59-49-35-25-36-50-59)60-51-37-26-38-52-60/h21-38,41-52,61-64,69-74H,3-20,39-40,53-54H2,1-2H3/t61-,62-,63?,64?,65-,66-/m0/s1. The van der Waals surface area contributed by atoms with Gasteiger partial charge < -0.3 is 30.6 Å². The fraction of sp³-hybridized carbons (Fsp3) is 0.471. The largest absolute Gasteiger partial charge is 0.388 e. The molecular weight excluding hydrogens is 913 g/mol. The Morgan fingerprint density at radius 1 is 0.270 bits per heavy atom. The van der Waals surface area contributed by atoms with Crippen LogP contribution >= 0.6 is 0 Å². The van der Waals surface area contributed by atoms with Gasteiger partial charge in [-0.2, -0.15) is 0 Å². The van der Waals surface area contributed by atoms with E-state index >= 15 is 0 Å². The van der Waals surface area contributed by atoms with E-state index in [-0.39, 0.29) is 12.8 Å². The number of unbranched alkanes of at least 4 members (excludes halogenated alkanes) is 18. The minimum absolute atomic E-state index is 0.0945. The normalized spacial score (nSPS) is 15.4. The van der Waals surface area contributed by atoms with Gasteiger partial charge in [-0.05, 0) is 46.2 Å². The van der Waals surface area contributed by atoms with Crippen LogP contribution in [0.2, 0.25) is 0 Å². The molecular formula is C68H90O6. The molecule has 2 unspecified atom stereocenters. The molecule has 0 spiro atoms. The highest BCUT2D eigenvalue weighted by Crippen LogP contribution is 2.51. The van der Waals surface area contributed by atoms with Crippen LogP contribution in [-0.2, 0) is 10.8 Å². The highest BCUT2D eigenvalue weighted by molar-refractivity contribution is 5.55. The van der Waals surface area contributed by atoms with Crippen LogP contribution in [0.25, 0.3) is 0 Å². The third-order valence-corrected chi connectivity index (χ3v) is 16.3. The van der Waals surface area contributed by atoms with Crippen molar-refractivity contribution in [2.45, 2.75) is 202 Å². The lowest BCUT2D eigenvalue weighted by molar-refractivity contribution is -0.246. The molecule has 6 N–H and O–H groups in total. The number of benzene rings is 6. The van der Waals surface area contributed by atoms with E-state index in [1.165, 1.54) is 64.2 Å². The maximum absolute atomic E-state index is 14.0. The van der Waals surface area contributed by atoms with Crippen molar-refractivity contribution in [2.75, 3.05) is 0 Å². The van der Waals surface area contributed by atoms with Gasteiger partial charge in [0.25, 0.3) is 0 Å². The first-order chi connectivity index (χ1) is 36.1. The summed E-state index contributed by atoms with van der Waals surface area (Å²) >= 11 is 0. The molecule has 6 heteroatoms. The molecule has 0 saturated heterocycles. The molecule has 0 amide bonds. The molecule has 0 aliphatic heterocycles. The van der Waals surface area contributed by atoms with E-state index in [1.807, 2.05) is 182 Å². The van der Waals surface area contributed by atoms with Crippen molar-refractivity contribution >= 4 is 0 Å². The van der Waals surface area contributed by atoms with Gasteiger partial charge in [0.05, 0.1) is 10.8 Å². The van der Waals surface area contributed by atoms with Crippen LogP contribution in [0.15, 0.2) is 182 Å². The zero-order chi connectivity index (χ0) is 52.5. The molecule has 0 radical (unpaired) electrons. The van der Waals surface area contributed by atoms with Crippen molar-refractivity contribution in [1.82, 2.24) is 0 Å². The molecule has 0 aliphatic rings. The predicted octanol–water partition coefficient (Wildman–Crippen LogP) is 14.6. The van der Waals surface area contributed by atoms with Gasteiger partial charge in [-0.15, -0.1) is 0 Å². The maximum Gasteiger partial charge on any atom is 0.120 e. The average molecular weight is 1000 g/mol. The van der Waals surface area contributed by atoms with Gasteiger partial charge in [0.15, 0.2) is 0 Å². The van der Waals surface area contributed by atoms with Gasteiger partial charge >= 0.3 is 0 Å². The van der Waals surface area contributed by atoms with E-state index < -0.39 is 46.4 Å². The van der Waals surface area contributed by atoms with Crippen LogP contribution in [0.5, 0.6) is 0 Å². The van der Waals surface area contributed by atoms with Crippen molar-refractivity contribution < 1.29 is 30.6 Å². The number of aliphatic hydroxyl groups excluding tert-OH is 4. The van der Waals surface area contributed by atoms with Crippen LogP contribution in [0.3, 0.4) is 0 Å². The first-order valence-electron chi connectivity index (χ1n) is 28.6. The predicted molar refractivity (Wildman–Crippen MR) is 305 cm³/mol. The van der Waals surface area contributed by atoms with Crippen molar-refractivity contribution in [3.8, 4) is 0 Å². The molecule has 6 atom stereocenters. The molecule has 6 aromatic rings. The van der Waals surface area contributed by atoms with Gasteiger partial charge in [0.1, 0.15) is 35.6 Å². The zero-order valence-corrected chi connectivity index (χ0v) is 44.9. The summed E-state index contributed by atoms with van der Waals surface area (Å²) in [7, 11) is 0. The minimum atomic E-state index is -2.46. The van der Waals surface area contributed by atoms with Crippen molar-refractivity contribution in [3.63, 3.8) is 0 Å². The van der Waals surface area contributed by atoms with Crippen LogP contribution in [0.1, 0.15) is 188 Å². The molecule has 6 nitrogen and oxygen atoms in total. The summed E-state index contributed by atoms with van der Waals surface area (Å²) in [6.07, 6.45) is 12.6. The van der Waals surface area contributed by atoms with Gasteiger partial charge in [-0.25, -0.2) is 0 Å². The van der Waals surface area contributed by atoms with E-state index in [1.54, 1.807) is 0 Å². The molecule has 398 valence electrons. The van der Waals surface area contributed by atoms with E-state index in [0.29, 0.717) is 46.2 Å². The highest BCUT2D eigenvalue weighted by atomic mass is 16.4. The molecule has 0 aliphatic carbocycles. The summed E-state index contributed by atoms with van der Waals surface area (Å²) in [5, 5.41) is 82.4. The lowest BCUT2D eigenvalue weighted by Crippen LogP contribution is -2.70. The van der Waals surface area contributed by atoms with E-state index in [9.17, 15) is 30.6 Å². The molecule has 0 fully saturated rings. The second-order valence-corrected chi connectivity index (χ2v) is 21.4. The lowest BCUT2D eigenvalue weighted by Gasteiger charge is -2.53. The van der Waals surface area contributed by atoms with Crippen LogP contribution < -0.4 is 0 Å².